The number of ether oxygens (including phenoxy) is 1. The van der Waals surface area contributed by atoms with Gasteiger partial charge < -0.3 is 15.4 Å². The van der Waals surface area contributed by atoms with Crippen molar-refractivity contribution < 1.29 is 4.74 Å². The number of methoxy groups -OCH3 is 1. The molecule has 2 rings (SSSR count). The average Bonchev–Trinajstić information content (AvgIpc) is 2.78. The van der Waals surface area contributed by atoms with Gasteiger partial charge in [-0.3, -0.25) is 4.98 Å². The minimum Gasteiger partial charge on any atom is -0.383 e. The number of rotatable bonds is 5. The van der Waals surface area contributed by atoms with Gasteiger partial charge in [-0.1, -0.05) is 11.6 Å². The largest absolute Gasteiger partial charge is 0.383 e. The number of nitrogens with one attached hydrogen (secondary N) is 2. The number of aromatic nitrogens is 1. The van der Waals surface area contributed by atoms with Gasteiger partial charge in [0.05, 0.1) is 22.9 Å². The smallest absolute Gasteiger partial charge is 0.0820 e. The lowest BCUT2D eigenvalue weighted by molar-refractivity contribution is 0.127. The van der Waals surface area contributed by atoms with E-state index in [1.165, 1.54) is 6.42 Å². The van der Waals surface area contributed by atoms with E-state index in [2.05, 4.69) is 15.6 Å². The third kappa shape index (κ3) is 3.09. The molecule has 4 nitrogen and oxygen atoms in total. The van der Waals surface area contributed by atoms with Gasteiger partial charge in [-0.15, -0.1) is 0 Å². The first-order valence-corrected chi connectivity index (χ1v) is 6.21. The summed E-state index contributed by atoms with van der Waals surface area (Å²) >= 11 is 6.06. The number of hydrogen-bond donors (Lipinski definition) is 2. The van der Waals surface area contributed by atoms with Crippen LogP contribution in [0.5, 0.6) is 0 Å². The lowest BCUT2D eigenvalue weighted by Crippen LogP contribution is -2.49. The summed E-state index contributed by atoms with van der Waals surface area (Å²) in [4.78, 5) is 3.97. The summed E-state index contributed by atoms with van der Waals surface area (Å²) in [6, 6.07) is 1.89. The molecule has 1 atom stereocenters. The molecular formula is C12H18ClN3O. The Morgan fingerprint density at radius 2 is 2.53 bits per heavy atom. The zero-order chi connectivity index (χ0) is 12.1. The van der Waals surface area contributed by atoms with Crippen molar-refractivity contribution >= 4 is 17.3 Å². The number of anilines is 1. The van der Waals surface area contributed by atoms with Gasteiger partial charge in [0.25, 0.3) is 0 Å². The quantitative estimate of drug-likeness (QED) is 0.844. The van der Waals surface area contributed by atoms with E-state index >= 15 is 0 Å². The van der Waals surface area contributed by atoms with Crippen LogP contribution in [0.3, 0.4) is 0 Å². The maximum atomic E-state index is 6.06. The molecule has 0 aliphatic carbocycles. The molecule has 1 saturated heterocycles. The van der Waals surface area contributed by atoms with Crippen molar-refractivity contribution in [3.05, 3.63) is 23.5 Å². The predicted octanol–water partition coefficient (Wildman–Crippen LogP) is 1.92. The molecule has 1 aliphatic heterocycles. The van der Waals surface area contributed by atoms with Crippen molar-refractivity contribution in [3.8, 4) is 0 Å². The Labute approximate surface area is 107 Å². The Morgan fingerprint density at radius 1 is 1.65 bits per heavy atom. The molecule has 1 aliphatic rings. The van der Waals surface area contributed by atoms with E-state index in [-0.39, 0.29) is 5.54 Å². The molecule has 2 heterocycles. The third-order valence-electron chi connectivity index (χ3n) is 3.14. The molecule has 94 valence electrons. The minimum absolute atomic E-state index is 0.0291. The molecule has 5 heteroatoms. The van der Waals surface area contributed by atoms with E-state index in [1.54, 1.807) is 19.5 Å². The van der Waals surface area contributed by atoms with Gasteiger partial charge in [-0.2, -0.15) is 0 Å². The van der Waals surface area contributed by atoms with Gasteiger partial charge in [0.15, 0.2) is 0 Å². The van der Waals surface area contributed by atoms with Gasteiger partial charge in [0.2, 0.25) is 0 Å². The molecule has 0 aromatic carbocycles. The molecule has 1 fully saturated rings. The zero-order valence-electron chi connectivity index (χ0n) is 10.0. The van der Waals surface area contributed by atoms with Gasteiger partial charge in [-0.05, 0) is 25.5 Å². The average molecular weight is 256 g/mol. The molecule has 1 aromatic rings. The lowest BCUT2D eigenvalue weighted by atomic mass is 9.98. The van der Waals surface area contributed by atoms with Crippen LogP contribution in [0.25, 0.3) is 0 Å². The van der Waals surface area contributed by atoms with Crippen LogP contribution in [0.15, 0.2) is 18.5 Å². The molecule has 1 aromatic heterocycles. The van der Waals surface area contributed by atoms with E-state index in [0.29, 0.717) is 11.6 Å². The predicted molar refractivity (Wildman–Crippen MR) is 69.6 cm³/mol. The summed E-state index contributed by atoms with van der Waals surface area (Å²) in [5.74, 6) is 0. The Hall–Kier alpha value is -0.840. The highest BCUT2D eigenvalue weighted by atomic mass is 35.5. The molecular weight excluding hydrogens is 238 g/mol. The van der Waals surface area contributed by atoms with Gasteiger partial charge >= 0.3 is 0 Å². The number of hydrogen-bond acceptors (Lipinski definition) is 4. The molecule has 0 radical (unpaired) electrons. The second-order valence-corrected chi connectivity index (χ2v) is 4.86. The minimum atomic E-state index is 0.0291. The first-order valence-electron chi connectivity index (χ1n) is 5.83. The molecule has 17 heavy (non-hydrogen) atoms. The van der Waals surface area contributed by atoms with Gasteiger partial charge in [-0.25, -0.2) is 0 Å². The Balaban J connectivity index is 1.98. The summed E-state index contributed by atoms with van der Waals surface area (Å²) in [7, 11) is 1.74. The summed E-state index contributed by atoms with van der Waals surface area (Å²) in [5, 5.41) is 7.53. The first-order chi connectivity index (χ1) is 8.26. The molecule has 0 spiro atoms. The van der Waals surface area contributed by atoms with Crippen LogP contribution in [0.4, 0.5) is 5.69 Å². The summed E-state index contributed by atoms with van der Waals surface area (Å²) in [6.45, 7) is 2.57. The van der Waals surface area contributed by atoms with Crippen molar-refractivity contribution in [1.82, 2.24) is 10.3 Å². The SMILES string of the molecule is COCC1(CNc2ccncc2Cl)CCCN1. The highest BCUT2D eigenvalue weighted by Crippen LogP contribution is 2.23. The standard InChI is InChI=1S/C12H18ClN3O/c1-17-9-12(4-2-5-16-12)8-15-11-3-6-14-7-10(11)13/h3,6-7,16H,2,4-5,8-9H2,1H3,(H,14,15). The second kappa shape index (κ2) is 5.67. The monoisotopic (exact) mass is 255 g/mol. The fourth-order valence-corrected chi connectivity index (χ4v) is 2.44. The van der Waals surface area contributed by atoms with Crippen molar-refractivity contribution in [2.24, 2.45) is 0 Å². The van der Waals surface area contributed by atoms with Crippen LogP contribution >= 0.6 is 11.6 Å². The summed E-state index contributed by atoms with van der Waals surface area (Å²) < 4.78 is 5.30. The van der Waals surface area contributed by atoms with Crippen LogP contribution in [0.1, 0.15) is 12.8 Å². The Morgan fingerprint density at radius 3 is 3.18 bits per heavy atom. The number of nitrogens with zero attached hydrogens (tertiary/aromatic N) is 1. The molecule has 2 N–H and O–H groups in total. The van der Waals surface area contributed by atoms with Crippen LogP contribution in [0.2, 0.25) is 5.02 Å². The Kier molecular flexibility index (Phi) is 4.20. The fraction of sp³-hybridized carbons (Fsp3) is 0.583. The highest BCUT2D eigenvalue weighted by molar-refractivity contribution is 6.33. The van der Waals surface area contributed by atoms with E-state index in [1.807, 2.05) is 6.07 Å². The van der Waals surface area contributed by atoms with Crippen molar-refractivity contribution in [3.63, 3.8) is 0 Å². The van der Waals surface area contributed by atoms with Gasteiger partial charge in [0.1, 0.15) is 0 Å². The molecule has 0 amide bonds. The van der Waals surface area contributed by atoms with E-state index < -0.39 is 0 Å². The van der Waals surface area contributed by atoms with E-state index in [4.69, 9.17) is 16.3 Å². The maximum Gasteiger partial charge on any atom is 0.0820 e. The second-order valence-electron chi connectivity index (χ2n) is 4.45. The molecule has 0 bridgehead atoms. The van der Waals surface area contributed by atoms with E-state index in [9.17, 15) is 0 Å². The van der Waals surface area contributed by atoms with Crippen LogP contribution in [-0.4, -0.2) is 37.3 Å². The number of pyridine rings is 1. The first kappa shape index (κ1) is 12.6. The summed E-state index contributed by atoms with van der Waals surface area (Å²) in [6.07, 6.45) is 5.69. The topological polar surface area (TPSA) is 46.2 Å². The fourth-order valence-electron chi connectivity index (χ4n) is 2.25. The highest BCUT2D eigenvalue weighted by Gasteiger charge is 2.33. The van der Waals surface area contributed by atoms with Crippen molar-refractivity contribution in [2.45, 2.75) is 18.4 Å². The third-order valence-corrected chi connectivity index (χ3v) is 3.44. The molecule has 0 saturated carbocycles. The zero-order valence-corrected chi connectivity index (χ0v) is 10.8. The summed E-state index contributed by atoms with van der Waals surface area (Å²) in [5.41, 5.74) is 0.951. The van der Waals surface area contributed by atoms with Crippen LogP contribution in [-0.2, 0) is 4.74 Å². The molecule has 1 unspecified atom stereocenters. The Bertz CT molecular complexity index is 367. The maximum absolute atomic E-state index is 6.06. The van der Waals surface area contributed by atoms with Gasteiger partial charge in [0, 0.05) is 26.0 Å². The van der Waals surface area contributed by atoms with E-state index in [0.717, 1.165) is 25.2 Å². The van der Waals surface area contributed by atoms with Crippen LogP contribution in [0, 0.1) is 0 Å². The number of halogens is 1. The van der Waals surface area contributed by atoms with Crippen LogP contribution < -0.4 is 10.6 Å². The van der Waals surface area contributed by atoms with Crippen molar-refractivity contribution in [2.75, 3.05) is 32.1 Å². The normalized spacial score (nSPS) is 23.9. The lowest BCUT2D eigenvalue weighted by Gasteiger charge is -2.29. The van der Waals surface area contributed by atoms with Crippen molar-refractivity contribution in [1.29, 1.82) is 0 Å².